The average Bonchev–Trinajstić information content (AvgIpc) is 1.62. The van der Waals surface area contributed by atoms with E-state index < -0.39 is 36.2 Å². The fourth-order valence-corrected chi connectivity index (χ4v) is 17.6. The molecule has 11 rings (SSSR count). The molecule has 3 unspecified atom stereocenters. The molecule has 5 saturated heterocycles. The van der Waals surface area contributed by atoms with E-state index in [4.69, 9.17) is 91.0 Å². The number of aliphatic carboxylic acids is 2. The molecule has 0 aromatic heterocycles. The first-order valence-electron chi connectivity index (χ1n) is 50.0. The van der Waals surface area contributed by atoms with Crippen LogP contribution in [0.5, 0.6) is 17.2 Å². The summed E-state index contributed by atoms with van der Waals surface area (Å²) in [5.41, 5.74) is 18.2. The van der Waals surface area contributed by atoms with Crippen LogP contribution in [0.2, 0.25) is 0 Å². The van der Waals surface area contributed by atoms with Crippen molar-refractivity contribution < 1.29 is 140 Å². The van der Waals surface area contributed by atoms with Crippen molar-refractivity contribution >= 4 is 90.1 Å². The fraction of sp³-hybridized carbons (Fsp3) is 0.591. The molecule has 0 spiro atoms. The molecule has 5 aliphatic heterocycles. The molecule has 0 bridgehead atoms. The maximum absolute atomic E-state index is 14.2. The van der Waals surface area contributed by atoms with Gasteiger partial charge in [-0.3, -0.25) is 59.4 Å². The van der Waals surface area contributed by atoms with Gasteiger partial charge >= 0.3 is 14.8 Å². The Balaban J connectivity index is 0.000000413. The van der Waals surface area contributed by atoms with E-state index in [-0.39, 0.29) is 127 Å². The number of hydrogen-bond donors (Lipinski definition) is 6. The van der Waals surface area contributed by atoms with Crippen LogP contribution in [-0.2, 0) is 81.8 Å². The Kier molecular flexibility index (Phi) is 52.4. The van der Waals surface area contributed by atoms with Gasteiger partial charge in [0, 0.05) is 110 Å². The Morgan fingerprint density at radius 3 is 1.01 bits per heavy atom. The number of nitrogens with one attached hydrogen (secondary N) is 3. The first kappa shape index (κ1) is 128. The Bertz CT molecular complexity index is 5080. The molecule has 6 N–H and O–H groups in total. The van der Waals surface area contributed by atoms with Gasteiger partial charge in [0.25, 0.3) is 53.9 Å². The maximum Gasteiger partial charge on any atom is 0.498 e. The molecule has 6 aromatic rings. The first-order chi connectivity index (χ1) is 67.2. The third-order valence-electron chi connectivity index (χ3n) is 25.6. The quantitative estimate of drug-likeness (QED) is 0.0115. The summed E-state index contributed by atoms with van der Waals surface area (Å²) in [7, 11) is 0.724. The van der Waals surface area contributed by atoms with Crippen LogP contribution < -0.4 is 36.0 Å². The van der Waals surface area contributed by atoms with Gasteiger partial charge in [-0.15, -0.1) is 0 Å². The van der Waals surface area contributed by atoms with Crippen LogP contribution in [0, 0.1) is 78.6 Å². The molecule has 5 heterocycles. The number of rotatable bonds is 28. The molecule has 0 saturated carbocycles. The van der Waals surface area contributed by atoms with E-state index in [1.807, 2.05) is 205 Å². The summed E-state index contributed by atoms with van der Waals surface area (Å²) in [4.78, 5) is 109. The Morgan fingerprint density at radius 1 is 0.441 bits per heavy atom. The van der Waals surface area contributed by atoms with Gasteiger partial charge in [-0.05, 0) is 294 Å². The molecule has 6 amide bonds. The second-order valence-corrected chi connectivity index (χ2v) is 43.0. The summed E-state index contributed by atoms with van der Waals surface area (Å²) in [6.07, 6.45) is 10.6. The van der Waals surface area contributed by atoms with Crippen molar-refractivity contribution in [3.05, 3.63) is 185 Å². The molecule has 1 radical (unpaired) electrons. The normalized spacial score (nSPS) is 17.4. The van der Waals surface area contributed by atoms with E-state index in [1.54, 1.807) is 30.3 Å². The summed E-state index contributed by atoms with van der Waals surface area (Å²) in [6.45, 7) is 64.3. The molecule has 6 atom stereocenters. The van der Waals surface area contributed by atoms with E-state index in [0.29, 0.717) is 132 Å². The van der Waals surface area contributed by atoms with Crippen LogP contribution >= 0.6 is 15.9 Å². The zero-order valence-electron chi connectivity index (χ0n) is 91.6. The molecule has 5 fully saturated rings. The average molecular weight is 2180 g/mol. The van der Waals surface area contributed by atoms with Gasteiger partial charge in [-0.2, -0.15) is 0 Å². The number of carbonyl (C=O) groups excluding carboxylic acids is 6. The van der Waals surface area contributed by atoms with Gasteiger partial charge in [-0.1, -0.05) is 147 Å². The Morgan fingerprint density at radius 2 is 0.731 bits per heavy atom. The predicted octanol–water partition coefficient (Wildman–Crippen LogP) is 20.5. The second-order valence-electron chi connectivity index (χ2n) is 42.1. The van der Waals surface area contributed by atoms with E-state index in [2.05, 4.69) is 94.5 Å². The number of carboxylic acids is 2. The number of nitrogens with zero attached hydrogens (tertiary/aromatic N) is 3. The molecular weight excluding hydrogens is 2010 g/mol. The summed E-state index contributed by atoms with van der Waals surface area (Å²) >= 11 is 3.55. The minimum Gasteiger partial charge on any atom is -0.491 e. The monoisotopic (exact) mass is 2180 g/mol. The van der Waals surface area contributed by atoms with Crippen molar-refractivity contribution in [3.8, 4) is 17.2 Å². The standard InChI is InChI=1S/C37H55BN2O7.C31H43BrN2O5.C31H44N2O5.C6H12BO2.2C2H4O2.CH2O2.Pd/c1-12-30(35(5,6)7)40(34(42)27-22-24(2)21-25(3)23-27)39-33(41)28-16-17-29(38-46-36(8,9)37(10,11)47-38)32(26(28)4)45-20-19-44-31-15-13-14-18-43-31;1-8-26(31(5,6)7)34(30(36)23-18-20(2)17-21(3)19-23)33-29(35)24-12-13-25(32)28(22(24)4)39-16-15-38-27-11-9-10-14-37-27;1-8-27(31(5,6)7)33(30(35)24-19-21(2)18-22(3)20-24)32-29(34)25-12-11-13-26(23(25)4)36-16-17-38-28-14-9-10-15-37-28;1-5(2)6(3,4)9-7-8-5;2*1-2(3)4;2-1-3;/h16-17,21-23,30-31H,12-15,18-20H2,1-11H3,(H,39,41);12-13,17-19,26-27H,8-11,14-16H2,1-7H3,(H,33,35);11-13,18-20,27-28H,8-10,14-17H2,1-7H3,(H,32,34);1-4H3;2*1H3,(H,3,4);1H,(H,2,3);/t30-,31?;26-,27?;27-,28?;;;;;/m111...../s1. The summed E-state index contributed by atoms with van der Waals surface area (Å²) in [5.74, 6) is -1.80. The van der Waals surface area contributed by atoms with Crippen LogP contribution in [-0.4, -0.2) is 218 Å². The van der Waals surface area contributed by atoms with Gasteiger partial charge in [0.15, 0.2) is 18.9 Å². The van der Waals surface area contributed by atoms with E-state index in [9.17, 15) is 28.8 Å². The van der Waals surface area contributed by atoms with Gasteiger partial charge in [-0.25, -0.2) is 15.0 Å². The number of aryl methyl sites for hydroxylation is 6. The third-order valence-corrected chi connectivity index (χ3v) is 26.2. The molecular formula is C110H164B2BrN6O25Pd. The summed E-state index contributed by atoms with van der Waals surface area (Å²) in [5, 5.41) is 26.3. The summed E-state index contributed by atoms with van der Waals surface area (Å²) in [6, 6.07) is 29.1. The van der Waals surface area contributed by atoms with Crippen LogP contribution in [0.3, 0.4) is 0 Å². The van der Waals surface area contributed by atoms with E-state index >= 15 is 0 Å². The van der Waals surface area contributed by atoms with Crippen molar-refractivity contribution in [1.29, 1.82) is 0 Å². The maximum atomic E-state index is 14.2. The van der Waals surface area contributed by atoms with Gasteiger partial charge in [0.1, 0.15) is 37.1 Å². The zero-order chi connectivity index (χ0) is 108. The van der Waals surface area contributed by atoms with Crippen LogP contribution in [0.4, 0.5) is 0 Å². The summed E-state index contributed by atoms with van der Waals surface area (Å²) < 4.78 is 76.7. The van der Waals surface area contributed by atoms with Crippen molar-refractivity contribution in [2.45, 2.75) is 351 Å². The SMILES string of the molecule is CC(=O)O.CC(=O)O.CC1(C)O[B]OC1(C)C.CC[C@@H](N(NC(=O)c1ccc(B2OC(C)(C)C(C)(C)O2)c(OCCOC2CCCCO2)c1C)C(=O)c1cc(C)cc(C)c1)C(C)(C)C.CC[C@@H](N(NC(=O)c1ccc(Br)c(OCCOC2CCCCO2)c1C)C(=O)c1cc(C)cc(C)c1)C(C)(C)C.CC[C@@H](N(NC(=O)c1cccc(OCCOC2CCCCO2)c1C)C(=O)c1cc(C)cc(C)c1)C(C)(C)C.O=CO.[Pd]. The van der Waals surface area contributed by atoms with Gasteiger partial charge in [0.05, 0.1) is 64.8 Å². The molecule has 5 aliphatic rings. The van der Waals surface area contributed by atoms with Crippen molar-refractivity contribution in [3.63, 3.8) is 0 Å². The van der Waals surface area contributed by atoms with Crippen LogP contribution in [0.15, 0.2) is 102 Å². The minimum absolute atomic E-state index is 0. The minimum atomic E-state index is -0.833. The topological polar surface area (TPSA) is 380 Å². The number of benzene rings is 6. The Hall–Kier alpha value is -9.18. The fourth-order valence-electron chi connectivity index (χ4n) is 17.0. The number of carboxylic acid groups (broad SMARTS) is 3. The van der Waals surface area contributed by atoms with Crippen molar-refractivity contribution in [2.75, 3.05) is 59.5 Å². The van der Waals surface area contributed by atoms with Gasteiger partial charge in [0.2, 0.25) is 0 Å². The van der Waals surface area contributed by atoms with Crippen molar-refractivity contribution in [1.82, 2.24) is 31.3 Å². The molecule has 807 valence electrons. The number of carbonyl (C=O) groups is 9. The molecule has 145 heavy (non-hydrogen) atoms. The Labute approximate surface area is 884 Å². The zero-order valence-corrected chi connectivity index (χ0v) is 94.8. The number of halogens is 1. The molecule has 35 heteroatoms. The molecule has 31 nitrogen and oxygen atoms in total. The van der Waals surface area contributed by atoms with Crippen LogP contribution in [0.1, 0.15) is 342 Å². The van der Waals surface area contributed by atoms with E-state index in [1.165, 1.54) is 22.7 Å². The third kappa shape index (κ3) is 40.0. The number of hydrazine groups is 3. The largest absolute Gasteiger partial charge is 0.498 e. The second kappa shape index (κ2) is 59.3. The van der Waals surface area contributed by atoms with Crippen LogP contribution in [0.25, 0.3) is 0 Å². The number of amides is 6. The van der Waals surface area contributed by atoms with Crippen molar-refractivity contribution in [2.24, 2.45) is 16.2 Å². The predicted molar refractivity (Wildman–Crippen MR) is 563 cm³/mol. The number of ether oxygens (including phenoxy) is 9. The van der Waals surface area contributed by atoms with Gasteiger partial charge < -0.3 is 76.6 Å². The first-order valence-corrected chi connectivity index (χ1v) is 50.8. The number of hydrogen-bond acceptors (Lipinski definition) is 22. The smallest absolute Gasteiger partial charge is 0.491 e. The molecule has 6 aromatic carbocycles. The van der Waals surface area contributed by atoms with E-state index in [0.717, 1.165) is 123 Å². The molecule has 0 aliphatic carbocycles.